The molecule has 29 heavy (non-hydrogen) atoms. The molecule has 0 unspecified atom stereocenters. The van der Waals surface area contributed by atoms with Crippen molar-refractivity contribution in [3.63, 3.8) is 0 Å². The molecule has 1 amide bonds. The van der Waals surface area contributed by atoms with Crippen LogP contribution in [0.5, 0.6) is 0 Å². The zero-order valence-corrected chi connectivity index (χ0v) is 18.1. The van der Waals surface area contributed by atoms with E-state index in [1.807, 2.05) is 0 Å². The summed E-state index contributed by atoms with van der Waals surface area (Å²) >= 11 is 6.13. The Bertz CT molecular complexity index is 1140. The van der Waals surface area contributed by atoms with Crippen LogP contribution in [-0.2, 0) is 19.9 Å². The number of sulfone groups is 1. The second-order valence-electron chi connectivity index (χ2n) is 6.83. The van der Waals surface area contributed by atoms with Gasteiger partial charge in [0.05, 0.1) is 15.6 Å². The molecule has 1 fully saturated rings. The summed E-state index contributed by atoms with van der Waals surface area (Å²) in [4.78, 5) is 12.5. The van der Waals surface area contributed by atoms with Crippen molar-refractivity contribution in [2.24, 2.45) is 0 Å². The molecule has 0 atom stereocenters. The summed E-state index contributed by atoms with van der Waals surface area (Å²) in [5.41, 5.74) is 0.184. The molecule has 0 aliphatic carbocycles. The van der Waals surface area contributed by atoms with Gasteiger partial charge in [-0.15, -0.1) is 0 Å². The summed E-state index contributed by atoms with van der Waals surface area (Å²) < 4.78 is 51.1. The summed E-state index contributed by atoms with van der Waals surface area (Å²) in [7, 11) is -7.38. The first-order valence-electron chi connectivity index (χ1n) is 9.01. The molecule has 0 spiro atoms. The van der Waals surface area contributed by atoms with Crippen molar-refractivity contribution >= 4 is 43.1 Å². The van der Waals surface area contributed by atoms with E-state index in [0.717, 1.165) is 25.5 Å². The first-order valence-corrected chi connectivity index (χ1v) is 12.7. The van der Waals surface area contributed by atoms with E-state index in [-0.39, 0.29) is 26.1 Å². The van der Waals surface area contributed by atoms with Crippen LogP contribution in [0.4, 0.5) is 5.69 Å². The molecule has 1 heterocycles. The molecular formula is C19H21ClN2O5S2. The minimum absolute atomic E-state index is 0.0246. The predicted octanol–water partition coefficient (Wildman–Crippen LogP) is 3.17. The van der Waals surface area contributed by atoms with Crippen molar-refractivity contribution in [2.45, 2.75) is 29.1 Å². The highest BCUT2D eigenvalue weighted by Crippen LogP contribution is 2.28. The van der Waals surface area contributed by atoms with Gasteiger partial charge >= 0.3 is 0 Å². The molecule has 2 aromatic rings. The van der Waals surface area contributed by atoms with Crippen molar-refractivity contribution in [3.05, 3.63) is 53.1 Å². The fourth-order valence-corrected chi connectivity index (χ4v) is 6.04. The van der Waals surface area contributed by atoms with Crippen LogP contribution < -0.4 is 5.32 Å². The maximum Gasteiger partial charge on any atom is 0.255 e. The third kappa shape index (κ3) is 4.80. The zero-order valence-electron chi connectivity index (χ0n) is 15.8. The Kier molecular flexibility index (Phi) is 6.33. The molecule has 0 bridgehead atoms. The molecule has 156 valence electrons. The third-order valence-electron chi connectivity index (χ3n) is 4.66. The number of piperidine rings is 1. The Morgan fingerprint density at radius 1 is 0.966 bits per heavy atom. The second kappa shape index (κ2) is 8.43. The molecule has 0 radical (unpaired) electrons. The number of rotatable bonds is 5. The number of para-hydroxylation sites is 1. The number of benzene rings is 2. The van der Waals surface area contributed by atoms with E-state index in [2.05, 4.69) is 5.32 Å². The van der Waals surface area contributed by atoms with Gasteiger partial charge in [-0.2, -0.15) is 4.31 Å². The number of halogens is 1. The van der Waals surface area contributed by atoms with E-state index in [4.69, 9.17) is 11.6 Å². The van der Waals surface area contributed by atoms with Crippen LogP contribution in [0.15, 0.2) is 52.3 Å². The Labute approximate surface area is 175 Å². The molecule has 1 N–H and O–H groups in total. The average molecular weight is 457 g/mol. The number of nitrogens with one attached hydrogen (secondary N) is 1. The summed E-state index contributed by atoms with van der Waals surface area (Å²) in [6.45, 7) is 0.827. The lowest BCUT2D eigenvalue weighted by molar-refractivity contribution is 0.102. The van der Waals surface area contributed by atoms with E-state index in [9.17, 15) is 21.6 Å². The topological polar surface area (TPSA) is 101 Å². The molecule has 1 aliphatic heterocycles. The van der Waals surface area contributed by atoms with Crippen LogP contribution in [0.1, 0.15) is 29.6 Å². The minimum Gasteiger partial charge on any atom is -0.321 e. The number of amides is 1. The molecule has 1 aliphatic rings. The van der Waals surface area contributed by atoms with Crippen LogP contribution in [-0.4, -0.2) is 46.4 Å². The van der Waals surface area contributed by atoms with E-state index in [0.29, 0.717) is 13.1 Å². The lowest BCUT2D eigenvalue weighted by Gasteiger charge is -2.26. The number of carbonyl (C=O) groups is 1. The van der Waals surface area contributed by atoms with Gasteiger partial charge in [0, 0.05) is 24.9 Å². The number of anilines is 1. The van der Waals surface area contributed by atoms with Crippen molar-refractivity contribution < 1.29 is 21.6 Å². The molecule has 0 saturated carbocycles. The highest BCUT2D eigenvalue weighted by molar-refractivity contribution is 7.91. The van der Waals surface area contributed by atoms with Gasteiger partial charge in [-0.1, -0.05) is 30.2 Å². The van der Waals surface area contributed by atoms with E-state index in [1.54, 1.807) is 12.1 Å². The lowest BCUT2D eigenvalue weighted by Crippen LogP contribution is -2.35. The SMILES string of the molecule is CS(=O)(=O)c1ccccc1NC(=O)c1ccc(Cl)c(S(=O)(=O)N2CCCCC2)c1. The van der Waals surface area contributed by atoms with Gasteiger partial charge in [0.2, 0.25) is 10.0 Å². The predicted molar refractivity (Wildman–Crippen MR) is 112 cm³/mol. The van der Waals surface area contributed by atoms with Crippen LogP contribution in [0.3, 0.4) is 0 Å². The summed E-state index contributed by atoms with van der Waals surface area (Å²) in [6, 6.07) is 9.99. The summed E-state index contributed by atoms with van der Waals surface area (Å²) in [6.07, 6.45) is 3.57. The number of sulfonamides is 1. The third-order valence-corrected chi connectivity index (χ3v) is 8.20. The number of nitrogens with zero attached hydrogens (tertiary/aromatic N) is 1. The van der Waals surface area contributed by atoms with E-state index in [1.165, 1.54) is 34.6 Å². The molecule has 1 saturated heterocycles. The van der Waals surface area contributed by atoms with Gasteiger partial charge in [0.25, 0.3) is 5.91 Å². The summed E-state index contributed by atoms with van der Waals surface area (Å²) in [5.74, 6) is -0.632. The lowest BCUT2D eigenvalue weighted by atomic mass is 10.2. The van der Waals surface area contributed by atoms with Gasteiger partial charge in [-0.3, -0.25) is 4.79 Å². The number of carbonyl (C=O) groups excluding carboxylic acids is 1. The standard InChI is InChI=1S/C19H21ClN2O5S2/c1-28(24,25)17-8-4-3-7-16(17)21-19(23)14-9-10-15(20)18(13-14)29(26,27)22-11-5-2-6-12-22/h3-4,7-10,13H,2,5-6,11-12H2,1H3,(H,21,23). The molecule has 10 heteroatoms. The Hall–Kier alpha value is -1.94. The van der Waals surface area contributed by atoms with Gasteiger partial charge in [0.1, 0.15) is 4.90 Å². The van der Waals surface area contributed by atoms with Gasteiger partial charge < -0.3 is 5.32 Å². The number of hydrogen-bond donors (Lipinski definition) is 1. The minimum atomic E-state index is -3.83. The van der Waals surface area contributed by atoms with Gasteiger partial charge in [-0.25, -0.2) is 16.8 Å². The average Bonchev–Trinajstić information content (AvgIpc) is 2.68. The van der Waals surface area contributed by atoms with Gasteiger partial charge in [0.15, 0.2) is 9.84 Å². The fourth-order valence-electron chi connectivity index (χ4n) is 3.17. The van der Waals surface area contributed by atoms with Crippen LogP contribution in [0, 0.1) is 0 Å². The molecule has 2 aromatic carbocycles. The highest BCUT2D eigenvalue weighted by Gasteiger charge is 2.29. The molecule has 3 rings (SSSR count). The molecule has 0 aromatic heterocycles. The normalized spacial score (nSPS) is 15.8. The maximum atomic E-state index is 13.0. The Morgan fingerprint density at radius 3 is 2.28 bits per heavy atom. The van der Waals surface area contributed by atoms with E-state index < -0.39 is 25.8 Å². The van der Waals surface area contributed by atoms with Crippen LogP contribution in [0.2, 0.25) is 5.02 Å². The summed E-state index contributed by atoms with van der Waals surface area (Å²) in [5, 5.41) is 2.57. The Balaban J connectivity index is 1.93. The monoisotopic (exact) mass is 456 g/mol. The van der Waals surface area contributed by atoms with Crippen molar-refractivity contribution in [2.75, 3.05) is 24.7 Å². The van der Waals surface area contributed by atoms with Crippen molar-refractivity contribution in [3.8, 4) is 0 Å². The zero-order chi connectivity index (χ0) is 21.2. The molecule has 7 nitrogen and oxygen atoms in total. The van der Waals surface area contributed by atoms with E-state index >= 15 is 0 Å². The van der Waals surface area contributed by atoms with Crippen molar-refractivity contribution in [1.82, 2.24) is 4.31 Å². The first kappa shape index (κ1) is 21.8. The fraction of sp³-hybridized carbons (Fsp3) is 0.316. The smallest absolute Gasteiger partial charge is 0.255 e. The highest BCUT2D eigenvalue weighted by atomic mass is 35.5. The largest absolute Gasteiger partial charge is 0.321 e. The number of hydrogen-bond acceptors (Lipinski definition) is 5. The first-order chi connectivity index (χ1) is 13.6. The molecular weight excluding hydrogens is 436 g/mol. The maximum absolute atomic E-state index is 13.0. The van der Waals surface area contributed by atoms with Crippen LogP contribution >= 0.6 is 11.6 Å². The second-order valence-corrected chi connectivity index (χ2v) is 11.1. The van der Waals surface area contributed by atoms with Crippen LogP contribution in [0.25, 0.3) is 0 Å². The quantitative estimate of drug-likeness (QED) is 0.744. The van der Waals surface area contributed by atoms with Crippen molar-refractivity contribution in [1.29, 1.82) is 0 Å². The Morgan fingerprint density at radius 2 is 1.62 bits per heavy atom. The van der Waals surface area contributed by atoms with Gasteiger partial charge in [-0.05, 0) is 43.2 Å².